The first kappa shape index (κ1) is 15.2. The number of carboxylic acids is 1. The quantitative estimate of drug-likeness (QED) is 0.706. The molecule has 1 saturated carbocycles. The van der Waals surface area contributed by atoms with Gasteiger partial charge in [0.1, 0.15) is 0 Å². The van der Waals surface area contributed by atoms with Gasteiger partial charge in [-0.1, -0.05) is 6.42 Å². The fourth-order valence-electron chi connectivity index (χ4n) is 3.29. The Bertz CT molecular complexity index is 504. The zero-order chi connectivity index (χ0) is 14.9. The molecular formula is C12H20N2O5S. The van der Waals surface area contributed by atoms with E-state index < -0.39 is 27.1 Å². The Morgan fingerprint density at radius 3 is 2.75 bits per heavy atom. The number of nitrogens with zero attached hydrogens (tertiary/aromatic N) is 1. The van der Waals surface area contributed by atoms with Gasteiger partial charge < -0.3 is 10.4 Å². The maximum absolute atomic E-state index is 11.9. The second kappa shape index (κ2) is 5.69. The molecule has 1 amide bonds. The van der Waals surface area contributed by atoms with E-state index in [1.54, 1.807) is 4.90 Å². The number of sulfone groups is 1. The van der Waals surface area contributed by atoms with Crippen molar-refractivity contribution >= 4 is 21.7 Å². The van der Waals surface area contributed by atoms with Gasteiger partial charge in [0, 0.05) is 25.4 Å². The van der Waals surface area contributed by atoms with Gasteiger partial charge in [-0.2, -0.15) is 0 Å². The number of hydrogen-bond donors (Lipinski definition) is 2. The topological polar surface area (TPSA) is 104 Å². The molecular weight excluding hydrogens is 284 g/mol. The number of amides is 1. The molecule has 3 atom stereocenters. The molecule has 2 N–H and O–H groups in total. The Morgan fingerprint density at radius 2 is 2.15 bits per heavy atom. The summed E-state index contributed by atoms with van der Waals surface area (Å²) in [5.41, 5.74) is 0. The van der Waals surface area contributed by atoms with E-state index in [9.17, 15) is 18.0 Å². The first-order valence-corrected chi connectivity index (χ1v) is 8.70. The summed E-state index contributed by atoms with van der Waals surface area (Å²) in [6.07, 6.45) is 2.99. The first-order valence-electron chi connectivity index (χ1n) is 6.75. The van der Waals surface area contributed by atoms with Crippen molar-refractivity contribution in [3.63, 3.8) is 0 Å². The number of carbonyl (C=O) groups is 2. The first-order chi connectivity index (χ1) is 9.30. The summed E-state index contributed by atoms with van der Waals surface area (Å²) in [5, 5.41) is 11.1. The number of rotatable bonds is 4. The zero-order valence-electron chi connectivity index (χ0n) is 11.4. The van der Waals surface area contributed by atoms with E-state index in [2.05, 4.69) is 5.32 Å². The van der Waals surface area contributed by atoms with E-state index in [1.165, 1.54) is 6.26 Å². The van der Waals surface area contributed by atoms with Crippen LogP contribution in [0, 0.1) is 0 Å². The second-order valence-electron chi connectivity index (χ2n) is 5.51. The molecule has 20 heavy (non-hydrogen) atoms. The summed E-state index contributed by atoms with van der Waals surface area (Å²) in [6.45, 7) is 0.933. The number of piperazine rings is 1. The van der Waals surface area contributed by atoms with Crippen LogP contribution >= 0.6 is 0 Å². The van der Waals surface area contributed by atoms with Gasteiger partial charge in [-0.15, -0.1) is 0 Å². The van der Waals surface area contributed by atoms with Gasteiger partial charge in [-0.3, -0.25) is 14.5 Å². The largest absolute Gasteiger partial charge is 0.481 e. The van der Waals surface area contributed by atoms with Crippen LogP contribution in [0.4, 0.5) is 0 Å². The van der Waals surface area contributed by atoms with Crippen molar-refractivity contribution in [2.75, 3.05) is 19.3 Å². The third-order valence-electron chi connectivity index (χ3n) is 4.13. The highest BCUT2D eigenvalue weighted by molar-refractivity contribution is 7.91. The van der Waals surface area contributed by atoms with Crippen LogP contribution in [-0.4, -0.2) is 67.0 Å². The maximum Gasteiger partial charge on any atom is 0.305 e. The van der Waals surface area contributed by atoms with E-state index in [4.69, 9.17) is 5.11 Å². The highest BCUT2D eigenvalue weighted by Gasteiger charge is 2.44. The number of nitrogens with one attached hydrogen (secondary N) is 1. The number of hydrogen-bond acceptors (Lipinski definition) is 5. The summed E-state index contributed by atoms with van der Waals surface area (Å²) < 4.78 is 23.7. The van der Waals surface area contributed by atoms with Gasteiger partial charge in [0.15, 0.2) is 9.84 Å². The van der Waals surface area contributed by atoms with Crippen LogP contribution in [0.1, 0.15) is 25.7 Å². The Balaban J connectivity index is 2.23. The Kier molecular flexibility index (Phi) is 4.33. The highest BCUT2D eigenvalue weighted by atomic mass is 32.2. The monoisotopic (exact) mass is 304 g/mol. The molecule has 8 heteroatoms. The van der Waals surface area contributed by atoms with Crippen molar-refractivity contribution in [2.24, 2.45) is 0 Å². The van der Waals surface area contributed by atoms with E-state index in [-0.39, 0.29) is 18.4 Å². The second-order valence-corrected chi connectivity index (χ2v) is 7.77. The van der Waals surface area contributed by atoms with Crippen molar-refractivity contribution in [3.8, 4) is 0 Å². The average molecular weight is 304 g/mol. The molecule has 0 bridgehead atoms. The van der Waals surface area contributed by atoms with Crippen LogP contribution in [0.25, 0.3) is 0 Å². The van der Waals surface area contributed by atoms with Crippen LogP contribution in [0.3, 0.4) is 0 Å². The summed E-state index contributed by atoms with van der Waals surface area (Å²) in [7, 11) is -3.19. The summed E-state index contributed by atoms with van der Waals surface area (Å²) in [5.74, 6) is -1.37. The van der Waals surface area contributed by atoms with Crippen LogP contribution in [-0.2, 0) is 19.4 Å². The highest BCUT2D eigenvalue weighted by Crippen LogP contribution is 2.31. The van der Waals surface area contributed by atoms with Crippen LogP contribution in [0.5, 0.6) is 0 Å². The van der Waals surface area contributed by atoms with E-state index >= 15 is 0 Å². The van der Waals surface area contributed by atoms with E-state index in [0.29, 0.717) is 25.9 Å². The number of aliphatic carboxylic acids is 1. The van der Waals surface area contributed by atoms with Crippen molar-refractivity contribution in [1.29, 1.82) is 0 Å². The van der Waals surface area contributed by atoms with Crippen molar-refractivity contribution in [3.05, 3.63) is 0 Å². The lowest BCUT2D eigenvalue weighted by molar-refractivity contribution is -0.143. The fourth-order valence-corrected chi connectivity index (χ4v) is 4.75. The lowest BCUT2D eigenvalue weighted by atomic mass is 10.0. The number of carbonyl (C=O) groups excluding carboxylic acids is 1. The number of carboxylic acid groups (broad SMARTS) is 1. The molecule has 7 nitrogen and oxygen atoms in total. The molecule has 0 aromatic heterocycles. The Labute approximate surface area is 118 Å². The van der Waals surface area contributed by atoms with Gasteiger partial charge in [-0.25, -0.2) is 8.42 Å². The van der Waals surface area contributed by atoms with E-state index in [1.807, 2.05) is 0 Å². The molecule has 1 aliphatic carbocycles. The molecule has 2 fully saturated rings. The van der Waals surface area contributed by atoms with Gasteiger partial charge in [0.25, 0.3) is 0 Å². The summed E-state index contributed by atoms with van der Waals surface area (Å²) in [6, 6.07) is -1.02. The molecule has 2 rings (SSSR count). The van der Waals surface area contributed by atoms with Gasteiger partial charge >= 0.3 is 5.97 Å². The molecule has 0 radical (unpaired) electrons. The zero-order valence-corrected chi connectivity index (χ0v) is 12.2. The van der Waals surface area contributed by atoms with Gasteiger partial charge in [-0.05, 0) is 12.8 Å². The maximum atomic E-state index is 11.9. The lowest BCUT2D eigenvalue weighted by Gasteiger charge is -2.40. The minimum atomic E-state index is -3.19. The molecule has 0 spiro atoms. The minimum absolute atomic E-state index is 0.250. The van der Waals surface area contributed by atoms with Gasteiger partial charge in [0.2, 0.25) is 5.91 Å². The Hall–Kier alpha value is -1.15. The molecule has 1 aliphatic heterocycles. The standard InChI is InChI=1S/C12H20N2O5S/c1-20(18,19)10-4-2-3-8(10)14-6-5-13-12(17)9(14)7-11(15)16/h8-10H,2-7H2,1H3,(H,13,17)(H,15,16). The predicted molar refractivity (Wildman–Crippen MR) is 72.0 cm³/mol. The van der Waals surface area contributed by atoms with Crippen molar-refractivity contribution < 1.29 is 23.1 Å². The van der Waals surface area contributed by atoms with Crippen LogP contribution in [0.2, 0.25) is 0 Å². The molecule has 0 aromatic carbocycles. The molecule has 2 aliphatic rings. The third kappa shape index (κ3) is 3.12. The van der Waals surface area contributed by atoms with Crippen molar-refractivity contribution in [1.82, 2.24) is 10.2 Å². The van der Waals surface area contributed by atoms with Crippen molar-refractivity contribution in [2.45, 2.75) is 43.0 Å². The molecule has 0 aromatic rings. The smallest absolute Gasteiger partial charge is 0.305 e. The summed E-state index contributed by atoms with van der Waals surface area (Å²) >= 11 is 0. The van der Waals surface area contributed by atoms with E-state index in [0.717, 1.165) is 6.42 Å². The summed E-state index contributed by atoms with van der Waals surface area (Å²) in [4.78, 5) is 24.6. The molecule has 1 heterocycles. The SMILES string of the molecule is CS(=O)(=O)C1CCCC1N1CCNC(=O)C1CC(=O)O. The Morgan fingerprint density at radius 1 is 1.45 bits per heavy atom. The predicted octanol–water partition coefficient (Wildman–Crippen LogP) is -0.773. The molecule has 1 saturated heterocycles. The average Bonchev–Trinajstić information content (AvgIpc) is 2.79. The molecule has 3 unspecified atom stereocenters. The minimum Gasteiger partial charge on any atom is -0.481 e. The van der Waals surface area contributed by atoms with Crippen LogP contribution < -0.4 is 5.32 Å². The fraction of sp³-hybridized carbons (Fsp3) is 0.833. The normalized spacial score (nSPS) is 32.0. The third-order valence-corrected chi connectivity index (χ3v) is 5.78. The van der Waals surface area contributed by atoms with Gasteiger partial charge in [0.05, 0.1) is 17.7 Å². The van der Waals surface area contributed by atoms with Crippen LogP contribution in [0.15, 0.2) is 0 Å². The molecule has 114 valence electrons. The lowest BCUT2D eigenvalue weighted by Crippen LogP contribution is -2.61.